The number of anilines is 1. The van der Waals surface area contributed by atoms with E-state index in [0.29, 0.717) is 11.7 Å². The van der Waals surface area contributed by atoms with Gasteiger partial charge in [-0.1, -0.05) is 92.6 Å². The Balaban J connectivity index is 1.45. The molecule has 0 spiro atoms. The summed E-state index contributed by atoms with van der Waals surface area (Å²) in [7, 11) is -3.78. The lowest BCUT2D eigenvalue weighted by atomic mass is 10.2. The third-order valence-corrected chi connectivity index (χ3v) is 10.1. The first-order chi connectivity index (χ1) is 19.7. The lowest BCUT2D eigenvalue weighted by Crippen LogP contribution is -2.30. The highest BCUT2D eigenvalue weighted by molar-refractivity contribution is 9.10. The average molecular weight is 712 g/mol. The standard InChI is InChI=1S/C30H24Br2N4O3S2/c1-2-35(20-22-6-4-3-5-7-22)41(38,39)26-15-10-23(11-16-26)29(37)36(33-19-21-8-12-24(31)13-9-21)30-34-27-17-14-25(32)18-28(27)40-30/h3-19H,2,20H2,1H3/b33-19+. The predicted octanol–water partition coefficient (Wildman–Crippen LogP) is 7.71. The van der Waals surface area contributed by atoms with Gasteiger partial charge in [-0.15, -0.1) is 0 Å². The molecule has 4 aromatic carbocycles. The Morgan fingerprint density at radius 1 is 0.927 bits per heavy atom. The van der Waals surface area contributed by atoms with E-state index in [4.69, 9.17) is 0 Å². The number of halogens is 2. The summed E-state index contributed by atoms with van der Waals surface area (Å²) in [6.07, 6.45) is 1.59. The fourth-order valence-electron chi connectivity index (χ4n) is 4.03. The first kappa shape index (κ1) is 29.3. The first-order valence-electron chi connectivity index (χ1n) is 12.6. The average Bonchev–Trinajstić information content (AvgIpc) is 3.40. The molecule has 0 aliphatic carbocycles. The zero-order valence-corrected chi connectivity index (χ0v) is 26.6. The summed E-state index contributed by atoms with van der Waals surface area (Å²) < 4.78 is 31.0. The minimum absolute atomic E-state index is 0.113. The monoisotopic (exact) mass is 710 g/mol. The van der Waals surface area contributed by atoms with E-state index in [-0.39, 0.29) is 17.0 Å². The summed E-state index contributed by atoms with van der Waals surface area (Å²) >= 11 is 8.24. The molecule has 5 aromatic rings. The molecule has 0 aliphatic rings. The van der Waals surface area contributed by atoms with Crippen molar-refractivity contribution in [2.24, 2.45) is 5.10 Å². The molecule has 5 rings (SSSR count). The SMILES string of the molecule is CCN(Cc1ccccc1)S(=O)(=O)c1ccc(C(=O)N(/N=C/c2ccc(Br)cc2)c2nc3ccc(Br)cc3s2)cc1. The summed E-state index contributed by atoms with van der Waals surface area (Å²) in [5, 5.41) is 6.14. The molecule has 1 aromatic heterocycles. The van der Waals surface area contributed by atoms with Crippen LogP contribution in [0.25, 0.3) is 10.2 Å². The number of aromatic nitrogens is 1. The van der Waals surface area contributed by atoms with Gasteiger partial charge in [-0.2, -0.15) is 14.4 Å². The van der Waals surface area contributed by atoms with Crippen LogP contribution >= 0.6 is 43.2 Å². The van der Waals surface area contributed by atoms with Crippen LogP contribution in [0.3, 0.4) is 0 Å². The van der Waals surface area contributed by atoms with Crippen molar-refractivity contribution in [3.63, 3.8) is 0 Å². The molecule has 1 heterocycles. The number of carbonyl (C=O) groups is 1. The molecule has 208 valence electrons. The summed E-state index contributed by atoms with van der Waals surface area (Å²) in [4.78, 5) is 18.5. The van der Waals surface area contributed by atoms with Gasteiger partial charge in [0, 0.05) is 27.6 Å². The van der Waals surface area contributed by atoms with Crippen LogP contribution in [0.1, 0.15) is 28.4 Å². The van der Waals surface area contributed by atoms with E-state index in [1.165, 1.54) is 44.9 Å². The second-order valence-corrected chi connectivity index (χ2v) is 13.7. The predicted molar refractivity (Wildman–Crippen MR) is 172 cm³/mol. The Hall–Kier alpha value is -3.22. The van der Waals surface area contributed by atoms with Gasteiger partial charge in [0.1, 0.15) is 0 Å². The van der Waals surface area contributed by atoms with E-state index in [9.17, 15) is 13.2 Å². The maximum atomic E-state index is 13.8. The number of hydrazone groups is 1. The van der Waals surface area contributed by atoms with Gasteiger partial charge in [0.05, 0.1) is 21.3 Å². The fraction of sp³-hybridized carbons (Fsp3) is 0.100. The highest BCUT2D eigenvalue weighted by Gasteiger charge is 2.25. The molecular formula is C30H24Br2N4O3S2. The van der Waals surface area contributed by atoms with Crippen molar-refractivity contribution in [1.82, 2.24) is 9.29 Å². The van der Waals surface area contributed by atoms with Crippen molar-refractivity contribution in [2.45, 2.75) is 18.4 Å². The maximum absolute atomic E-state index is 13.8. The first-order valence-corrected chi connectivity index (χ1v) is 16.4. The molecule has 1 amide bonds. The number of amides is 1. The van der Waals surface area contributed by atoms with Crippen molar-refractivity contribution in [2.75, 3.05) is 11.6 Å². The number of benzene rings is 4. The number of rotatable bonds is 9. The van der Waals surface area contributed by atoms with Gasteiger partial charge in [0.25, 0.3) is 5.91 Å². The van der Waals surface area contributed by atoms with E-state index in [1.807, 2.05) is 72.8 Å². The lowest BCUT2D eigenvalue weighted by Gasteiger charge is -2.21. The van der Waals surface area contributed by atoms with Crippen molar-refractivity contribution < 1.29 is 13.2 Å². The third-order valence-electron chi connectivity index (χ3n) is 6.20. The largest absolute Gasteiger partial charge is 0.280 e. The van der Waals surface area contributed by atoms with Gasteiger partial charge in [0.15, 0.2) is 0 Å². The number of thiazole rings is 1. The van der Waals surface area contributed by atoms with E-state index in [1.54, 1.807) is 13.1 Å². The van der Waals surface area contributed by atoms with Crippen LogP contribution in [0.2, 0.25) is 0 Å². The summed E-state index contributed by atoms with van der Waals surface area (Å²) in [6, 6.07) is 28.6. The lowest BCUT2D eigenvalue weighted by molar-refractivity contribution is 0.0987. The quantitative estimate of drug-likeness (QED) is 0.116. The van der Waals surface area contributed by atoms with Crippen LogP contribution in [0.15, 0.2) is 116 Å². The molecule has 7 nitrogen and oxygen atoms in total. The summed E-state index contributed by atoms with van der Waals surface area (Å²) in [5.41, 5.74) is 2.72. The van der Waals surface area contributed by atoms with Crippen molar-refractivity contribution in [3.05, 3.63) is 123 Å². The van der Waals surface area contributed by atoms with Crippen molar-refractivity contribution >= 4 is 80.7 Å². The number of carbonyl (C=O) groups excluding carboxylic acids is 1. The molecule has 0 saturated heterocycles. The normalized spacial score (nSPS) is 11.9. The van der Waals surface area contributed by atoms with Gasteiger partial charge < -0.3 is 0 Å². The third kappa shape index (κ3) is 6.82. The number of sulfonamides is 1. The Bertz CT molecular complexity index is 1810. The molecule has 0 saturated carbocycles. The molecule has 0 aliphatic heterocycles. The second-order valence-electron chi connectivity index (χ2n) is 8.96. The molecule has 0 bridgehead atoms. The van der Waals surface area contributed by atoms with Crippen molar-refractivity contribution in [1.29, 1.82) is 0 Å². The maximum Gasteiger partial charge on any atom is 0.280 e. The highest BCUT2D eigenvalue weighted by atomic mass is 79.9. The minimum atomic E-state index is -3.78. The molecule has 11 heteroatoms. The topological polar surface area (TPSA) is 82.9 Å². The highest BCUT2D eigenvalue weighted by Crippen LogP contribution is 2.32. The van der Waals surface area contributed by atoms with Crippen LogP contribution < -0.4 is 5.01 Å². The number of nitrogens with zero attached hydrogens (tertiary/aromatic N) is 4. The molecular weight excluding hydrogens is 688 g/mol. The van der Waals surface area contributed by atoms with E-state index in [0.717, 1.165) is 30.3 Å². The fourth-order valence-corrected chi connectivity index (χ4v) is 7.21. The van der Waals surface area contributed by atoms with Crippen LogP contribution in [0.4, 0.5) is 5.13 Å². The van der Waals surface area contributed by atoms with Crippen LogP contribution in [-0.2, 0) is 16.6 Å². The Morgan fingerprint density at radius 2 is 1.61 bits per heavy atom. The second kappa shape index (κ2) is 12.7. The minimum Gasteiger partial charge on any atom is -0.267 e. The number of fused-ring (bicyclic) bond motifs is 1. The number of hydrogen-bond donors (Lipinski definition) is 0. The molecule has 41 heavy (non-hydrogen) atoms. The van der Waals surface area contributed by atoms with Crippen molar-refractivity contribution in [3.8, 4) is 0 Å². The van der Waals surface area contributed by atoms with Crippen LogP contribution in [0.5, 0.6) is 0 Å². The number of hydrogen-bond acceptors (Lipinski definition) is 6. The zero-order valence-electron chi connectivity index (χ0n) is 21.8. The molecule has 0 atom stereocenters. The van der Waals surface area contributed by atoms with E-state index < -0.39 is 15.9 Å². The molecule has 0 unspecified atom stereocenters. The smallest absolute Gasteiger partial charge is 0.267 e. The van der Waals surface area contributed by atoms with E-state index in [2.05, 4.69) is 41.9 Å². The Morgan fingerprint density at radius 3 is 2.29 bits per heavy atom. The van der Waals surface area contributed by atoms with Gasteiger partial charge in [0.2, 0.25) is 15.2 Å². The molecule has 0 N–H and O–H groups in total. The van der Waals surface area contributed by atoms with Crippen LogP contribution in [-0.4, -0.2) is 36.4 Å². The zero-order chi connectivity index (χ0) is 29.0. The van der Waals surface area contributed by atoms with Gasteiger partial charge >= 0.3 is 0 Å². The van der Waals surface area contributed by atoms with Crippen LogP contribution in [0, 0.1) is 0 Å². The van der Waals surface area contributed by atoms with Gasteiger partial charge in [-0.05, 0) is 65.7 Å². The Kier molecular flexibility index (Phi) is 9.10. The van der Waals surface area contributed by atoms with Gasteiger partial charge in [-0.3, -0.25) is 4.79 Å². The molecule has 0 fully saturated rings. The van der Waals surface area contributed by atoms with Gasteiger partial charge in [-0.25, -0.2) is 13.4 Å². The Labute approximate surface area is 259 Å². The summed E-state index contributed by atoms with van der Waals surface area (Å²) in [6.45, 7) is 2.37. The van der Waals surface area contributed by atoms with E-state index >= 15 is 0 Å². The summed E-state index contributed by atoms with van der Waals surface area (Å²) in [5.74, 6) is -0.433. The molecule has 0 radical (unpaired) electrons.